The Kier molecular flexibility index (Phi) is 4.99. The fourth-order valence-corrected chi connectivity index (χ4v) is 2.79. The van der Waals surface area contributed by atoms with Crippen LogP contribution in [-0.2, 0) is 0 Å². The van der Waals surface area contributed by atoms with E-state index in [0.29, 0.717) is 17.0 Å². The fourth-order valence-electron chi connectivity index (χ4n) is 1.31. The highest BCUT2D eigenvalue weighted by atomic mass is 79.9. The third-order valence-electron chi connectivity index (χ3n) is 1.87. The summed E-state index contributed by atoms with van der Waals surface area (Å²) in [6.45, 7) is 5.09. The van der Waals surface area contributed by atoms with Crippen LogP contribution >= 0.6 is 27.7 Å². The predicted molar refractivity (Wildman–Crippen MR) is 68.7 cm³/mol. The molecule has 0 saturated heterocycles. The Hall–Kier alpha value is 0.01000. The van der Waals surface area contributed by atoms with Crippen LogP contribution in [0.5, 0.6) is 0 Å². The second-order valence-corrected chi connectivity index (χ2v) is 6.16. The van der Waals surface area contributed by atoms with E-state index in [1.165, 1.54) is 5.56 Å². The van der Waals surface area contributed by atoms with E-state index in [-0.39, 0.29) is 0 Å². The zero-order chi connectivity index (χ0) is 10.6. The maximum absolute atomic E-state index is 5.77. The van der Waals surface area contributed by atoms with Crippen molar-refractivity contribution in [3.05, 3.63) is 34.3 Å². The van der Waals surface area contributed by atoms with Crippen molar-refractivity contribution in [2.75, 3.05) is 6.54 Å². The Morgan fingerprint density at radius 2 is 2.14 bits per heavy atom. The molecule has 0 aliphatic heterocycles. The second kappa shape index (κ2) is 5.79. The Balaban J connectivity index is 2.78. The van der Waals surface area contributed by atoms with Crippen molar-refractivity contribution in [1.82, 2.24) is 0 Å². The van der Waals surface area contributed by atoms with Gasteiger partial charge in [-0.1, -0.05) is 41.9 Å². The van der Waals surface area contributed by atoms with Crippen LogP contribution in [0.25, 0.3) is 0 Å². The van der Waals surface area contributed by atoms with Crippen LogP contribution in [0.3, 0.4) is 0 Å². The summed E-state index contributed by atoms with van der Waals surface area (Å²) < 4.78 is 1.12. The van der Waals surface area contributed by atoms with E-state index < -0.39 is 0 Å². The summed E-state index contributed by atoms with van der Waals surface area (Å²) in [5.74, 6) is 0. The molecule has 0 heterocycles. The molecule has 1 unspecified atom stereocenters. The highest BCUT2D eigenvalue weighted by Crippen LogP contribution is 2.32. The van der Waals surface area contributed by atoms with Crippen molar-refractivity contribution in [2.45, 2.75) is 24.3 Å². The van der Waals surface area contributed by atoms with Crippen LogP contribution in [0.15, 0.2) is 28.7 Å². The maximum Gasteiger partial charge on any atom is 0.0422 e. The van der Waals surface area contributed by atoms with Crippen LogP contribution < -0.4 is 5.73 Å². The molecule has 0 fully saturated rings. The molecule has 0 saturated carbocycles. The number of nitrogens with two attached hydrogens (primary N) is 1. The van der Waals surface area contributed by atoms with Crippen LogP contribution in [0.1, 0.15) is 24.7 Å². The van der Waals surface area contributed by atoms with Gasteiger partial charge in [-0.3, -0.25) is 0 Å². The van der Waals surface area contributed by atoms with Gasteiger partial charge >= 0.3 is 0 Å². The molecule has 78 valence electrons. The lowest BCUT2D eigenvalue weighted by atomic mass is 10.1. The monoisotopic (exact) mass is 273 g/mol. The zero-order valence-corrected chi connectivity index (χ0v) is 10.9. The van der Waals surface area contributed by atoms with Gasteiger partial charge in [-0.15, -0.1) is 11.8 Å². The van der Waals surface area contributed by atoms with E-state index in [2.05, 4.69) is 48.0 Å². The van der Waals surface area contributed by atoms with Crippen LogP contribution in [0.2, 0.25) is 0 Å². The zero-order valence-electron chi connectivity index (χ0n) is 8.53. The van der Waals surface area contributed by atoms with Crippen molar-refractivity contribution in [2.24, 2.45) is 5.73 Å². The van der Waals surface area contributed by atoms with Crippen LogP contribution in [-0.4, -0.2) is 11.8 Å². The van der Waals surface area contributed by atoms with Crippen LogP contribution in [0.4, 0.5) is 0 Å². The first-order valence-electron chi connectivity index (χ1n) is 4.74. The minimum atomic E-state index is 0.410. The summed E-state index contributed by atoms with van der Waals surface area (Å²) in [4.78, 5) is 0. The molecular formula is C11H16BrNS. The average molecular weight is 274 g/mol. The summed E-state index contributed by atoms with van der Waals surface area (Å²) in [5, 5.41) is 1.02. The van der Waals surface area contributed by atoms with Gasteiger partial charge in [0, 0.05) is 16.3 Å². The quantitative estimate of drug-likeness (QED) is 0.908. The Morgan fingerprint density at radius 3 is 2.64 bits per heavy atom. The van der Waals surface area contributed by atoms with E-state index in [1.54, 1.807) is 0 Å². The molecule has 1 nitrogen and oxygen atoms in total. The van der Waals surface area contributed by atoms with Crippen molar-refractivity contribution in [3.63, 3.8) is 0 Å². The first-order valence-corrected chi connectivity index (χ1v) is 6.48. The van der Waals surface area contributed by atoms with Gasteiger partial charge in [0.25, 0.3) is 0 Å². The Bertz CT molecular complexity index is 288. The molecule has 0 amide bonds. The van der Waals surface area contributed by atoms with Crippen LogP contribution in [0, 0.1) is 0 Å². The third kappa shape index (κ3) is 3.64. The van der Waals surface area contributed by atoms with Gasteiger partial charge in [0.1, 0.15) is 0 Å². The first-order chi connectivity index (χ1) is 6.63. The number of rotatable bonds is 4. The molecule has 2 N–H and O–H groups in total. The third-order valence-corrected chi connectivity index (χ3v) is 3.70. The van der Waals surface area contributed by atoms with Crippen molar-refractivity contribution in [3.8, 4) is 0 Å². The lowest BCUT2D eigenvalue weighted by Crippen LogP contribution is -2.11. The van der Waals surface area contributed by atoms with Gasteiger partial charge in [0.15, 0.2) is 0 Å². The van der Waals surface area contributed by atoms with Gasteiger partial charge in [0.05, 0.1) is 0 Å². The molecule has 1 aromatic rings. The average Bonchev–Trinajstić information content (AvgIpc) is 2.14. The van der Waals surface area contributed by atoms with Crippen molar-refractivity contribution < 1.29 is 0 Å². The number of hydrogen-bond acceptors (Lipinski definition) is 2. The normalized spacial score (nSPS) is 13.2. The minimum Gasteiger partial charge on any atom is -0.329 e. The molecule has 0 bridgehead atoms. The van der Waals surface area contributed by atoms with Gasteiger partial charge < -0.3 is 5.73 Å². The topological polar surface area (TPSA) is 26.0 Å². The number of hydrogen-bond donors (Lipinski definition) is 1. The summed E-state index contributed by atoms with van der Waals surface area (Å²) in [7, 11) is 0. The molecule has 1 atom stereocenters. The fraction of sp³-hybridized carbons (Fsp3) is 0.455. The molecule has 3 heteroatoms. The van der Waals surface area contributed by atoms with Gasteiger partial charge in [-0.2, -0.15) is 0 Å². The SMILES string of the molecule is CC(C)SC(CN)c1cccc(Br)c1. The molecule has 1 rings (SSSR count). The minimum absolute atomic E-state index is 0.410. The highest BCUT2D eigenvalue weighted by Gasteiger charge is 2.11. The molecule has 0 aromatic heterocycles. The molecular weight excluding hydrogens is 258 g/mol. The highest BCUT2D eigenvalue weighted by molar-refractivity contribution is 9.10. The van der Waals surface area contributed by atoms with Gasteiger partial charge in [-0.25, -0.2) is 0 Å². The lowest BCUT2D eigenvalue weighted by molar-refractivity contribution is 0.927. The van der Waals surface area contributed by atoms with Crippen molar-refractivity contribution in [1.29, 1.82) is 0 Å². The lowest BCUT2D eigenvalue weighted by Gasteiger charge is -2.17. The molecule has 0 aliphatic carbocycles. The Labute approximate surface area is 98.6 Å². The number of halogens is 1. The molecule has 14 heavy (non-hydrogen) atoms. The van der Waals surface area contributed by atoms with E-state index in [9.17, 15) is 0 Å². The first kappa shape index (κ1) is 12.1. The predicted octanol–water partition coefficient (Wildman–Crippen LogP) is 3.59. The van der Waals surface area contributed by atoms with Gasteiger partial charge in [-0.05, 0) is 22.9 Å². The second-order valence-electron chi connectivity index (χ2n) is 3.46. The largest absolute Gasteiger partial charge is 0.329 e. The molecule has 1 aromatic carbocycles. The summed E-state index contributed by atoms with van der Waals surface area (Å²) in [6.07, 6.45) is 0. The van der Waals surface area contributed by atoms with Crippen molar-refractivity contribution >= 4 is 27.7 Å². The number of benzene rings is 1. The Morgan fingerprint density at radius 1 is 1.43 bits per heavy atom. The summed E-state index contributed by atoms with van der Waals surface area (Å²) >= 11 is 5.39. The van der Waals surface area contributed by atoms with E-state index >= 15 is 0 Å². The smallest absolute Gasteiger partial charge is 0.0422 e. The summed E-state index contributed by atoms with van der Waals surface area (Å²) in [5.41, 5.74) is 7.07. The molecule has 0 spiro atoms. The number of thioether (sulfide) groups is 1. The molecule has 0 radical (unpaired) electrons. The standard InChI is InChI=1S/C11H16BrNS/c1-8(2)14-11(7-13)9-4-3-5-10(12)6-9/h3-6,8,11H,7,13H2,1-2H3. The van der Waals surface area contributed by atoms with E-state index in [1.807, 2.05) is 17.8 Å². The summed E-state index contributed by atoms with van der Waals surface area (Å²) in [6, 6.07) is 8.38. The van der Waals surface area contributed by atoms with Gasteiger partial charge in [0.2, 0.25) is 0 Å². The van der Waals surface area contributed by atoms with E-state index in [4.69, 9.17) is 5.73 Å². The molecule has 0 aliphatic rings. The van der Waals surface area contributed by atoms with E-state index in [0.717, 1.165) is 4.47 Å². The maximum atomic E-state index is 5.77.